The highest BCUT2D eigenvalue weighted by atomic mass is 127. The number of imidazole rings is 1. The second-order valence-electron chi connectivity index (χ2n) is 7.99. The van der Waals surface area contributed by atoms with Crippen LogP contribution in [0.15, 0.2) is 65.9 Å². The van der Waals surface area contributed by atoms with Gasteiger partial charge in [0.05, 0.1) is 0 Å². The van der Waals surface area contributed by atoms with Gasteiger partial charge in [0.1, 0.15) is 11.6 Å². The molecule has 2 N–H and O–H groups in total. The van der Waals surface area contributed by atoms with Crippen molar-refractivity contribution in [3.63, 3.8) is 0 Å². The second-order valence-corrected chi connectivity index (χ2v) is 7.99. The average Bonchev–Trinajstić information content (AvgIpc) is 3.45. The predicted molar refractivity (Wildman–Crippen MR) is 133 cm³/mol. The minimum atomic E-state index is -0.174. The molecule has 0 radical (unpaired) electrons. The van der Waals surface area contributed by atoms with E-state index in [9.17, 15) is 4.39 Å². The first-order valence-electron chi connectivity index (χ1n) is 10.3. The van der Waals surface area contributed by atoms with Crippen LogP contribution >= 0.6 is 24.0 Å². The van der Waals surface area contributed by atoms with Crippen molar-refractivity contribution in [2.45, 2.75) is 38.3 Å². The van der Waals surface area contributed by atoms with Crippen molar-refractivity contribution >= 4 is 29.9 Å². The molecule has 0 saturated heterocycles. The summed E-state index contributed by atoms with van der Waals surface area (Å²) in [6.07, 6.45) is 5.96. The lowest BCUT2D eigenvalue weighted by atomic mass is 9.96. The van der Waals surface area contributed by atoms with Gasteiger partial charge in [-0.05, 0) is 48.6 Å². The molecule has 1 aliphatic rings. The van der Waals surface area contributed by atoms with Gasteiger partial charge in [0.15, 0.2) is 5.96 Å². The third-order valence-corrected chi connectivity index (χ3v) is 5.84. The summed E-state index contributed by atoms with van der Waals surface area (Å²) in [5.41, 5.74) is 3.51. The number of aryl methyl sites for hydroxylation is 1. The molecule has 0 spiro atoms. The van der Waals surface area contributed by atoms with Gasteiger partial charge in [-0.2, -0.15) is 0 Å². The third kappa shape index (κ3) is 5.84. The maximum atomic E-state index is 13.6. The number of nitrogens with one attached hydrogen (secondary N) is 2. The third-order valence-electron chi connectivity index (χ3n) is 5.84. The number of nitrogens with zero attached hydrogens (tertiary/aromatic N) is 3. The topological polar surface area (TPSA) is 54.2 Å². The molecule has 1 fully saturated rings. The van der Waals surface area contributed by atoms with Gasteiger partial charge in [-0.1, -0.05) is 36.4 Å². The van der Waals surface area contributed by atoms with E-state index >= 15 is 0 Å². The summed E-state index contributed by atoms with van der Waals surface area (Å²) in [7, 11) is 1.77. The first-order chi connectivity index (χ1) is 14.6. The Hall–Kier alpha value is -2.42. The van der Waals surface area contributed by atoms with Gasteiger partial charge in [0, 0.05) is 44.5 Å². The van der Waals surface area contributed by atoms with Crippen LogP contribution in [0.25, 0.3) is 0 Å². The molecule has 4 rings (SSSR count). The number of aliphatic imine (C=N–C) groups is 1. The van der Waals surface area contributed by atoms with Crippen molar-refractivity contribution < 1.29 is 4.39 Å². The lowest BCUT2D eigenvalue weighted by Gasteiger charge is -2.19. The second kappa shape index (κ2) is 10.3. The van der Waals surface area contributed by atoms with Gasteiger partial charge in [-0.3, -0.25) is 4.99 Å². The Morgan fingerprint density at radius 1 is 1.13 bits per heavy atom. The Balaban J connectivity index is 0.00000272. The molecule has 3 aromatic rings. The van der Waals surface area contributed by atoms with Gasteiger partial charge in [-0.15, -0.1) is 24.0 Å². The number of benzene rings is 2. The van der Waals surface area contributed by atoms with Gasteiger partial charge in [0.2, 0.25) is 0 Å². The molecular weight excluding hydrogens is 504 g/mol. The number of halogens is 2. The molecule has 1 aromatic heterocycles. The van der Waals surface area contributed by atoms with E-state index in [4.69, 9.17) is 0 Å². The molecule has 1 aliphatic carbocycles. The molecule has 7 heteroatoms. The smallest absolute Gasteiger partial charge is 0.191 e. The maximum absolute atomic E-state index is 13.6. The molecule has 1 saturated carbocycles. The van der Waals surface area contributed by atoms with E-state index in [-0.39, 0.29) is 35.2 Å². The van der Waals surface area contributed by atoms with Crippen molar-refractivity contribution in [1.29, 1.82) is 0 Å². The quantitative estimate of drug-likeness (QED) is 0.269. The van der Waals surface area contributed by atoms with Gasteiger partial charge >= 0.3 is 0 Å². The maximum Gasteiger partial charge on any atom is 0.191 e. The molecule has 164 valence electrons. The number of aromatic nitrogens is 2. The summed E-state index contributed by atoms with van der Waals surface area (Å²) in [4.78, 5) is 8.63. The summed E-state index contributed by atoms with van der Waals surface area (Å²) in [6, 6.07) is 15.5. The predicted octanol–water partition coefficient (Wildman–Crippen LogP) is 4.39. The van der Waals surface area contributed by atoms with Crippen molar-refractivity contribution in [2.75, 3.05) is 13.6 Å². The first kappa shape index (κ1) is 23.2. The highest BCUT2D eigenvalue weighted by Crippen LogP contribution is 2.47. The number of rotatable bonds is 7. The fraction of sp³-hybridized carbons (Fsp3) is 0.333. The number of hydrogen-bond donors (Lipinski definition) is 2. The van der Waals surface area contributed by atoms with E-state index in [0.717, 1.165) is 43.3 Å². The van der Waals surface area contributed by atoms with E-state index in [0.29, 0.717) is 6.54 Å². The van der Waals surface area contributed by atoms with Crippen molar-refractivity contribution in [1.82, 2.24) is 20.2 Å². The van der Waals surface area contributed by atoms with E-state index in [1.807, 2.05) is 25.4 Å². The van der Waals surface area contributed by atoms with E-state index in [2.05, 4.69) is 49.4 Å². The SMILES string of the molecule is CN=C(NCc1cccc(Cn2ccnc2C)c1)NCC1(c2cccc(F)c2)CC1.I. The molecular formula is C24H29FIN5. The summed E-state index contributed by atoms with van der Waals surface area (Å²) < 4.78 is 15.7. The summed E-state index contributed by atoms with van der Waals surface area (Å²) in [5.74, 6) is 1.59. The van der Waals surface area contributed by atoms with Gasteiger partial charge in [-0.25, -0.2) is 9.37 Å². The Morgan fingerprint density at radius 3 is 2.58 bits per heavy atom. The normalized spacial score (nSPS) is 14.6. The zero-order chi connectivity index (χ0) is 21.0. The van der Waals surface area contributed by atoms with Crippen LogP contribution in [0, 0.1) is 12.7 Å². The molecule has 0 bridgehead atoms. The van der Waals surface area contributed by atoms with Crippen LogP contribution in [-0.4, -0.2) is 29.1 Å². The lowest BCUT2D eigenvalue weighted by Crippen LogP contribution is -2.40. The van der Waals surface area contributed by atoms with Crippen LogP contribution in [0.3, 0.4) is 0 Å². The molecule has 31 heavy (non-hydrogen) atoms. The van der Waals surface area contributed by atoms with Crippen LogP contribution in [0.2, 0.25) is 0 Å². The monoisotopic (exact) mass is 533 g/mol. The standard InChI is InChI=1S/C24H28FN5.HI/c1-18-27-11-12-30(18)16-20-6-3-5-19(13-20)15-28-23(26-2)29-17-24(9-10-24)21-7-4-8-22(25)14-21;/h3-8,11-14H,9-10,15-17H2,1-2H3,(H2,26,28,29);1H. The Morgan fingerprint density at radius 2 is 1.90 bits per heavy atom. The van der Waals surface area contributed by atoms with E-state index in [1.165, 1.54) is 17.2 Å². The molecule has 0 unspecified atom stereocenters. The van der Waals surface area contributed by atoms with E-state index in [1.54, 1.807) is 19.2 Å². The Bertz CT molecular complexity index is 1040. The average molecular weight is 533 g/mol. The van der Waals surface area contributed by atoms with Gasteiger partial charge in [0.25, 0.3) is 0 Å². The molecule has 5 nitrogen and oxygen atoms in total. The minimum Gasteiger partial charge on any atom is -0.356 e. The number of hydrogen-bond acceptors (Lipinski definition) is 2. The van der Waals surface area contributed by atoms with E-state index < -0.39 is 0 Å². The van der Waals surface area contributed by atoms with Crippen LogP contribution in [-0.2, 0) is 18.5 Å². The molecule has 0 atom stereocenters. The summed E-state index contributed by atoms with van der Waals surface area (Å²) in [5, 5.41) is 6.81. The zero-order valence-electron chi connectivity index (χ0n) is 17.9. The highest BCUT2D eigenvalue weighted by Gasteiger charge is 2.44. The fourth-order valence-corrected chi connectivity index (χ4v) is 3.80. The highest BCUT2D eigenvalue weighted by molar-refractivity contribution is 14.0. The summed E-state index contributed by atoms with van der Waals surface area (Å²) >= 11 is 0. The molecule has 0 aliphatic heterocycles. The molecule has 0 amide bonds. The van der Waals surface area contributed by atoms with Crippen LogP contribution in [0.4, 0.5) is 4.39 Å². The van der Waals surface area contributed by atoms with Crippen LogP contribution in [0.1, 0.15) is 35.4 Å². The fourth-order valence-electron chi connectivity index (χ4n) is 3.80. The molecule has 1 heterocycles. The van der Waals surface area contributed by atoms with Crippen molar-refractivity contribution in [3.05, 3.63) is 89.3 Å². The Kier molecular flexibility index (Phi) is 7.69. The van der Waals surface area contributed by atoms with Crippen LogP contribution in [0.5, 0.6) is 0 Å². The van der Waals surface area contributed by atoms with Crippen LogP contribution < -0.4 is 10.6 Å². The van der Waals surface area contributed by atoms with Gasteiger partial charge < -0.3 is 15.2 Å². The largest absolute Gasteiger partial charge is 0.356 e. The first-order valence-corrected chi connectivity index (χ1v) is 10.3. The molecule has 2 aromatic carbocycles. The zero-order valence-corrected chi connectivity index (χ0v) is 20.3. The van der Waals surface area contributed by atoms with Crippen molar-refractivity contribution in [3.8, 4) is 0 Å². The van der Waals surface area contributed by atoms with Crippen molar-refractivity contribution in [2.24, 2.45) is 4.99 Å². The number of guanidine groups is 1. The minimum absolute atomic E-state index is 0. The summed E-state index contributed by atoms with van der Waals surface area (Å²) in [6.45, 7) is 4.25. The lowest BCUT2D eigenvalue weighted by molar-refractivity contribution is 0.607. The Labute approximate surface area is 200 Å².